The van der Waals surface area contributed by atoms with Crippen LogP contribution in [0.5, 0.6) is 0 Å². The number of hydrogen-bond acceptors (Lipinski definition) is 7. The van der Waals surface area contributed by atoms with Crippen LogP contribution in [0, 0.1) is 0 Å². The zero-order chi connectivity index (χ0) is 12.6. The van der Waals surface area contributed by atoms with Crippen molar-refractivity contribution in [3.8, 4) is 0 Å². The minimum atomic E-state index is -4.91. The molecule has 0 aliphatic carbocycles. The summed E-state index contributed by atoms with van der Waals surface area (Å²) in [5.41, 5.74) is -1.83. The SMILES string of the molecule is C[C@@]1(CO)OP(=O)(O)OP(=O)(O)OC[C@@H]1O. The molecule has 2 unspecified atom stereocenters. The standard InChI is InChI=1S/C5H12O9P2/c1-5(3-6)4(7)2-12-15(8,9)14-16(10,11)13-5/h4,6-7H,2-3H2,1H3,(H,8,9)(H,10,11)/t4-,5-/m0/s1. The minimum Gasteiger partial charge on any atom is -0.393 e. The number of aliphatic hydroxyl groups is 2. The molecule has 0 saturated carbocycles. The van der Waals surface area contributed by atoms with E-state index in [-0.39, 0.29) is 0 Å². The number of aliphatic hydroxyl groups excluding tert-OH is 2. The fraction of sp³-hybridized carbons (Fsp3) is 1.00. The maximum absolute atomic E-state index is 11.2. The molecule has 96 valence electrons. The second kappa shape index (κ2) is 4.45. The molecule has 0 amide bonds. The summed E-state index contributed by atoms with van der Waals surface area (Å²) in [5, 5.41) is 18.4. The Labute approximate surface area is 90.8 Å². The van der Waals surface area contributed by atoms with Gasteiger partial charge in [-0.25, -0.2) is 9.13 Å². The van der Waals surface area contributed by atoms with E-state index in [1.165, 1.54) is 0 Å². The van der Waals surface area contributed by atoms with Crippen molar-refractivity contribution in [2.45, 2.75) is 18.6 Å². The Bertz CT molecular complexity index is 356. The molecule has 11 heteroatoms. The van der Waals surface area contributed by atoms with E-state index in [2.05, 4.69) is 13.4 Å². The van der Waals surface area contributed by atoms with Gasteiger partial charge in [0.2, 0.25) is 0 Å². The average molecular weight is 278 g/mol. The van der Waals surface area contributed by atoms with Gasteiger partial charge >= 0.3 is 15.6 Å². The zero-order valence-corrected chi connectivity index (χ0v) is 10.0. The Morgan fingerprint density at radius 1 is 1.38 bits per heavy atom. The first-order valence-corrected chi connectivity index (χ1v) is 7.10. The third kappa shape index (κ3) is 3.33. The van der Waals surface area contributed by atoms with E-state index in [1.54, 1.807) is 0 Å². The topological polar surface area (TPSA) is 143 Å². The molecule has 4 atom stereocenters. The highest BCUT2D eigenvalue weighted by Crippen LogP contribution is 2.63. The molecular weight excluding hydrogens is 266 g/mol. The summed E-state index contributed by atoms with van der Waals surface area (Å²) < 4.78 is 34.7. The van der Waals surface area contributed by atoms with Crippen LogP contribution < -0.4 is 0 Å². The van der Waals surface area contributed by atoms with E-state index in [4.69, 9.17) is 14.9 Å². The predicted octanol–water partition coefficient (Wildman–Crippen LogP) is -0.638. The van der Waals surface area contributed by atoms with Crippen LogP contribution in [-0.4, -0.2) is 44.9 Å². The lowest BCUT2D eigenvalue weighted by Gasteiger charge is -2.35. The van der Waals surface area contributed by atoms with Gasteiger partial charge in [-0.15, -0.1) is 0 Å². The highest BCUT2D eigenvalue weighted by atomic mass is 31.3. The average Bonchev–Trinajstić information content (AvgIpc) is 2.10. The summed E-state index contributed by atoms with van der Waals surface area (Å²) in [4.78, 5) is 18.0. The molecule has 4 N–H and O–H groups in total. The number of hydrogen-bond donors (Lipinski definition) is 4. The lowest BCUT2D eigenvalue weighted by molar-refractivity contribution is -0.109. The van der Waals surface area contributed by atoms with E-state index in [1.807, 2.05) is 0 Å². The zero-order valence-electron chi connectivity index (χ0n) is 8.22. The van der Waals surface area contributed by atoms with Crippen molar-refractivity contribution in [1.82, 2.24) is 0 Å². The quantitative estimate of drug-likeness (QED) is 0.460. The monoisotopic (exact) mass is 278 g/mol. The van der Waals surface area contributed by atoms with Gasteiger partial charge in [-0.05, 0) is 6.92 Å². The third-order valence-electron chi connectivity index (χ3n) is 1.94. The van der Waals surface area contributed by atoms with E-state index < -0.39 is 40.6 Å². The van der Waals surface area contributed by atoms with Crippen molar-refractivity contribution in [2.75, 3.05) is 13.2 Å². The van der Waals surface area contributed by atoms with Gasteiger partial charge in [-0.2, -0.15) is 4.31 Å². The maximum atomic E-state index is 11.2. The Morgan fingerprint density at radius 2 is 1.94 bits per heavy atom. The normalized spacial score (nSPS) is 50.7. The molecule has 0 radical (unpaired) electrons. The van der Waals surface area contributed by atoms with Gasteiger partial charge in [0.25, 0.3) is 0 Å². The first-order valence-electron chi connectivity index (χ1n) is 4.11. The first kappa shape index (κ1) is 14.2. The first-order chi connectivity index (χ1) is 7.10. The van der Waals surface area contributed by atoms with Gasteiger partial charge in [-0.3, -0.25) is 9.05 Å². The van der Waals surface area contributed by atoms with Crippen molar-refractivity contribution < 1.29 is 42.5 Å². The molecular formula is C5H12O9P2. The van der Waals surface area contributed by atoms with Crippen molar-refractivity contribution in [2.24, 2.45) is 0 Å². The maximum Gasteiger partial charge on any atom is 0.481 e. The Balaban J connectivity index is 3.01. The van der Waals surface area contributed by atoms with E-state index in [0.717, 1.165) is 6.92 Å². The second-order valence-corrected chi connectivity index (χ2v) is 6.36. The van der Waals surface area contributed by atoms with E-state index in [0.29, 0.717) is 0 Å². The van der Waals surface area contributed by atoms with Crippen LogP contribution in [0.1, 0.15) is 6.92 Å². The molecule has 1 fully saturated rings. The summed E-state index contributed by atoms with van der Waals surface area (Å²) in [6.45, 7) is -0.368. The van der Waals surface area contributed by atoms with Crippen LogP contribution in [0.25, 0.3) is 0 Å². The van der Waals surface area contributed by atoms with Gasteiger partial charge in [-0.1, -0.05) is 0 Å². The highest BCUT2D eigenvalue weighted by Gasteiger charge is 2.48. The van der Waals surface area contributed by atoms with Crippen LogP contribution in [-0.2, 0) is 22.5 Å². The van der Waals surface area contributed by atoms with Gasteiger partial charge in [0.15, 0.2) is 0 Å². The molecule has 1 saturated heterocycles. The fourth-order valence-electron chi connectivity index (χ4n) is 0.970. The summed E-state index contributed by atoms with van der Waals surface area (Å²) in [5.74, 6) is 0. The number of rotatable bonds is 1. The molecule has 0 aromatic carbocycles. The Hall–Kier alpha value is 0.180. The molecule has 9 nitrogen and oxygen atoms in total. The third-order valence-corrected chi connectivity index (χ3v) is 4.72. The van der Waals surface area contributed by atoms with Gasteiger partial charge < -0.3 is 20.0 Å². The van der Waals surface area contributed by atoms with Gasteiger partial charge in [0, 0.05) is 0 Å². The van der Waals surface area contributed by atoms with Crippen LogP contribution in [0.15, 0.2) is 0 Å². The summed E-state index contributed by atoms with van der Waals surface area (Å²) in [7, 11) is -9.68. The summed E-state index contributed by atoms with van der Waals surface area (Å²) >= 11 is 0. The van der Waals surface area contributed by atoms with Crippen molar-refractivity contribution in [3.05, 3.63) is 0 Å². The van der Waals surface area contributed by atoms with Crippen LogP contribution in [0.4, 0.5) is 0 Å². The summed E-state index contributed by atoms with van der Waals surface area (Å²) in [6.07, 6.45) is -1.57. The van der Waals surface area contributed by atoms with Crippen LogP contribution in [0.3, 0.4) is 0 Å². The largest absolute Gasteiger partial charge is 0.481 e. The minimum absolute atomic E-state index is 0.690. The highest BCUT2D eigenvalue weighted by molar-refractivity contribution is 7.61. The van der Waals surface area contributed by atoms with Crippen LogP contribution >= 0.6 is 15.6 Å². The molecule has 1 aliphatic rings. The smallest absolute Gasteiger partial charge is 0.393 e. The van der Waals surface area contributed by atoms with Crippen LogP contribution in [0.2, 0.25) is 0 Å². The molecule has 1 heterocycles. The predicted molar refractivity (Wildman–Crippen MR) is 49.3 cm³/mol. The molecule has 16 heavy (non-hydrogen) atoms. The molecule has 0 aromatic heterocycles. The van der Waals surface area contributed by atoms with Crippen molar-refractivity contribution >= 4 is 15.6 Å². The Kier molecular flexibility index (Phi) is 3.96. The van der Waals surface area contributed by atoms with Crippen molar-refractivity contribution in [1.29, 1.82) is 0 Å². The van der Waals surface area contributed by atoms with E-state index in [9.17, 15) is 14.2 Å². The molecule has 0 spiro atoms. The van der Waals surface area contributed by atoms with Gasteiger partial charge in [0.05, 0.1) is 13.2 Å². The Morgan fingerprint density at radius 3 is 2.44 bits per heavy atom. The van der Waals surface area contributed by atoms with Gasteiger partial charge in [0.1, 0.15) is 11.7 Å². The second-order valence-electron chi connectivity index (χ2n) is 3.39. The van der Waals surface area contributed by atoms with E-state index >= 15 is 0 Å². The lowest BCUT2D eigenvalue weighted by atomic mass is 10.0. The number of phosphoric acid groups is 2. The molecule has 1 aliphatic heterocycles. The molecule has 1 rings (SSSR count). The molecule has 0 aromatic rings. The summed E-state index contributed by atoms with van der Waals surface area (Å²) in [6, 6.07) is 0. The lowest BCUT2D eigenvalue weighted by Crippen LogP contribution is -2.47. The van der Waals surface area contributed by atoms with Crippen molar-refractivity contribution in [3.63, 3.8) is 0 Å². The number of phosphoric ester groups is 2. The molecule has 0 bridgehead atoms. The fourth-order valence-corrected chi connectivity index (χ4v) is 3.37.